The van der Waals surface area contributed by atoms with Crippen LogP contribution in [0.3, 0.4) is 0 Å². The lowest BCUT2D eigenvalue weighted by Gasteiger charge is -2.27. The molecule has 0 radical (unpaired) electrons. The number of hydrogen-bond donors (Lipinski definition) is 2. The predicted octanol–water partition coefficient (Wildman–Crippen LogP) is 2.41. The monoisotopic (exact) mass is 348 g/mol. The Morgan fingerprint density at radius 1 is 1.28 bits per heavy atom. The van der Waals surface area contributed by atoms with Gasteiger partial charge >= 0.3 is 5.97 Å². The summed E-state index contributed by atoms with van der Waals surface area (Å²) < 4.78 is 14.3. The minimum Gasteiger partial charge on any atom is -0.476 e. The second-order valence-electron chi connectivity index (χ2n) is 7.04. The lowest BCUT2D eigenvalue weighted by molar-refractivity contribution is -0.122. The minimum atomic E-state index is -1.21. The maximum atomic E-state index is 13.2. The highest BCUT2D eigenvalue weighted by atomic mass is 19.1. The highest BCUT2D eigenvalue weighted by Gasteiger charge is 2.22. The van der Waals surface area contributed by atoms with Crippen LogP contribution in [0.15, 0.2) is 30.5 Å². The van der Waals surface area contributed by atoms with E-state index in [1.54, 1.807) is 12.1 Å². The molecule has 0 spiro atoms. The van der Waals surface area contributed by atoms with Crippen molar-refractivity contribution in [3.05, 3.63) is 47.5 Å². The van der Waals surface area contributed by atoms with E-state index in [1.165, 1.54) is 18.3 Å². The van der Waals surface area contributed by atoms with E-state index in [2.05, 4.69) is 15.6 Å². The van der Waals surface area contributed by atoms with Crippen molar-refractivity contribution >= 4 is 11.9 Å². The van der Waals surface area contributed by atoms with Gasteiger partial charge in [-0.1, -0.05) is 38.1 Å². The summed E-state index contributed by atoms with van der Waals surface area (Å²) >= 11 is 0. The molecule has 1 atom stereocenters. The van der Waals surface area contributed by atoms with Crippen molar-refractivity contribution in [3.63, 3.8) is 0 Å². The van der Waals surface area contributed by atoms with Gasteiger partial charge in [0.1, 0.15) is 12.4 Å². The highest BCUT2D eigenvalue weighted by molar-refractivity contribution is 5.84. The van der Waals surface area contributed by atoms with Crippen LogP contribution >= 0.6 is 0 Å². The van der Waals surface area contributed by atoms with E-state index >= 15 is 0 Å². The molecule has 2 N–H and O–H groups in total. The van der Waals surface area contributed by atoms with Crippen molar-refractivity contribution in [1.82, 2.24) is 20.3 Å². The number of aromatic nitrogens is 3. The Morgan fingerprint density at radius 3 is 2.44 bits per heavy atom. The number of carboxylic acids is 1. The molecule has 1 amide bonds. The molecule has 134 valence electrons. The molecule has 2 rings (SSSR count). The number of halogens is 1. The normalized spacial score (nSPS) is 12.6. The molecule has 8 heteroatoms. The second kappa shape index (κ2) is 7.42. The fourth-order valence-electron chi connectivity index (χ4n) is 2.42. The number of carbonyl (C=O) groups excluding carboxylic acids is 1. The van der Waals surface area contributed by atoms with Crippen LogP contribution in [-0.2, 0) is 11.3 Å². The lowest BCUT2D eigenvalue weighted by Crippen LogP contribution is -2.33. The Balaban J connectivity index is 2.10. The van der Waals surface area contributed by atoms with Crippen molar-refractivity contribution in [2.24, 2.45) is 5.41 Å². The first-order valence-corrected chi connectivity index (χ1v) is 7.82. The summed E-state index contributed by atoms with van der Waals surface area (Å²) in [5.74, 6) is -1.88. The maximum absolute atomic E-state index is 13.2. The molecule has 1 unspecified atom stereocenters. The van der Waals surface area contributed by atoms with E-state index in [1.807, 2.05) is 20.8 Å². The topological polar surface area (TPSA) is 97.1 Å². The van der Waals surface area contributed by atoms with Crippen LogP contribution in [0.2, 0.25) is 0 Å². The molecule has 1 aromatic heterocycles. The standard InChI is InChI=1S/C17H21FN4O3/c1-17(2,3)8-13(11-4-6-12(18)7-5-11)19-15(23)10-22-9-14(16(24)25)20-21-22/h4-7,9,13H,8,10H2,1-3H3,(H,19,23)(H,24,25). The summed E-state index contributed by atoms with van der Waals surface area (Å²) in [4.78, 5) is 23.1. The van der Waals surface area contributed by atoms with E-state index in [9.17, 15) is 14.0 Å². The number of nitrogens with zero attached hydrogens (tertiary/aromatic N) is 3. The molecule has 7 nitrogen and oxygen atoms in total. The molecule has 2 aromatic rings. The molecule has 1 aromatic carbocycles. The number of carboxylic acid groups (broad SMARTS) is 1. The van der Waals surface area contributed by atoms with Crippen LogP contribution in [0.25, 0.3) is 0 Å². The fourth-order valence-corrected chi connectivity index (χ4v) is 2.42. The van der Waals surface area contributed by atoms with Gasteiger partial charge < -0.3 is 10.4 Å². The van der Waals surface area contributed by atoms with E-state index in [4.69, 9.17) is 5.11 Å². The van der Waals surface area contributed by atoms with Crippen LogP contribution in [0.1, 0.15) is 49.3 Å². The Labute approximate surface area is 144 Å². The number of aromatic carboxylic acids is 1. The first-order valence-electron chi connectivity index (χ1n) is 7.82. The van der Waals surface area contributed by atoms with Gasteiger partial charge in [-0.2, -0.15) is 0 Å². The Hall–Kier alpha value is -2.77. The smallest absolute Gasteiger partial charge is 0.358 e. The summed E-state index contributed by atoms with van der Waals surface area (Å²) in [6, 6.07) is 5.70. The van der Waals surface area contributed by atoms with Crippen LogP contribution in [0.5, 0.6) is 0 Å². The number of benzene rings is 1. The quantitative estimate of drug-likeness (QED) is 0.835. The molecule has 0 aliphatic carbocycles. The molecule has 0 saturated heterocycles. The van der Waals surface area contributed by atoms with Crippen molar-refractivity contribution in [2.75, 3.05) is 0 Å². The third-order valence-corrected chi connectivity index (χ3v) is 3.49. The van der Waals surface area contributed by atoms with Crippen LogP contribution < -0.4 is 5.32 Å². The lowest BCUT2D eigenvalue weighted by atomic mass is 9.85. The van der Waals surface area contributed by atoms with Crippen molar-refractivity contribution in [3.8, 4) is 0 Å². The molecule has 0 saturated carbocycles. The van der Waals surface area contributed by atoms with Gasteiger partial charge in [0.05, 0.1) is 12.2 Å². The van der Waals surface area contributed by atoms with Gasteiger partial charge in [-0.05, 0) is 29.5 Å². The number of nitrogens with one attached hydrogen (secondary N) is 1. The van der Waals surface area contributed by atoms with E-state index < -0.39 is 5.97 Å². The predicted molar refractivity (Wildman–Crippen MR) is 88.3 cm³/mol. The van der Waals surface area contributed by atoms with Gasteiger partial charge in [-0.3, -0.25) is 4.79 Å². The van der Waals surface area contributed by atoms with Crippen LogP contribution in [-0.4, -0.2) is 32.0 Å². The molecular formula is C17H21FN4O3. The zero-order chi connectivity index (χ0) is 18.6. The van der Waals surface area contributed by atoms with Gasteiger partial charge in [0.2, 0.25) is 5.91 Å². The largest absolute Gasteiger partial charge is 0.476 e. The summed E-state index contributed by atoms with van der Waals surface area (Å²) in [5, 5.41) is 18.8. The van der Waals surface area contributed by atoms with Gasteiger partial charge in [0, 0.05) is 0 Å². The highest BCUT2D eigenvalue weighted by Crippen LogP contribution is 2.29. The minimum absolute atomic E-state index is 0.0595. The molecule has 0 aliphatic heterocycles. The first kappa shape index (κ1) is 18.6. The van der Waals surface area contributed by atoms with Gasteiger partial charge in [-0.25, -0.2) is 13.9 Å². The number of hydrogen-bond acceptors (Lipinski definition) is 4. The average Bonchev–Trinajstić information content (AvgIpc) is 2.94. The molecule has 25 heavy (non-hydrogen) atoms. The molecule has 1 heterocycles. The summed E-state index contributed by atoms with van der Waals surface area (Å²) in [6.45, 7) is 5.99. The zero-order valence-corrected chi connectivity index (χ0v) is 14.4. The Morgan fingerprint density at radius 2 is 1.92 bits per heavy atom. The zero-order valence-electron chi connectivity index (χ0n) is 14.4. The van der Waals surface area contributed by atoms with Gasteiger partial charge in [-0.15, -0.1) is 5.10 Å². The SMILES string of the molecule is CC(C)(C)CC(NC(=O)Cn1cc(C(=O)O)nn1)c1ccc(F)cc1. The third-order valence-electron chi connectivity index (χ3n) is 3.49. The number of rotatable bonds is 6. The maximum Gasteiger partial charge on any atom is 0.358 e. The molecule has 0 fully saturated rings. The molecular weight excluding hydrogens is 327 g/mol. The van der Waals surface area contributed by atoms with Crippen molar-refractivity contribution in [1.29, 1.82) is 0 Å². The Kier molecular flexibility index (Phi) is 5.51. The molecule has 0 aliphatic rings. The van der Waals surface area contributed by atoms with E-state index in [0.29, 0.717) is 6.42 Å². The molecule has 0 bridgehead atoms. The number of carbonyl (C=O) groups is 2. The third kappa shape index (κ3) is 5.66. The van der Waals surface area contributed by atoms with E-state index in [0.717, 1.165) is 10.2 Å². The summed E-state index contributed by atoms with van der Waals surface area (Å²) in [5.41, 5.74) is 0.517. The Bertz CT molecular complexity index is 750. The van der Waals surface area contributed by atoms with Crippen molar-refractivity contribution < 1.29 is 19.1 Å². The fraction of sp³-hybridized carbons (Fsp3) is 0.412. The second-order valence-corrected chi connectivity index (χ2v) is 7.04. The summed E-state index contributed by atoms with van der Waals surface area (Å²) in [7, 11) is 0. The van der Waals surface area contributed by atoms with Crippen LogP contribution in [0.4, 0.5) is 4.39 Å². The average molecular weight is 348 g/mol. The first-order chi connectivity index (χ1) is 11.6. The number of amides is 1. The van der Waals surface area contributed by atoms with Crippen LogP contribution in [0, 0.1) is 11.2 Å². The van der Waals surface area contributed by atoms with Gasteiger partial charge in [0.25, 0.3) is 0 Å². The van der Waals surface area contributed by atoms with E-state index in [-0.39, 0.29) is 35.4 Å². The summed E-state index contributed by atoms with van der Waals surface area (Å²) in [6.07, 6.45) is 1.85. The van der Waals surface area contributed by atoms with Crippen molar-refractivity contribution in [2.45, 2.75) is 39.8 Å². The van der Waals surface area contributed by atoms with Gasteiger partial charge in [0.15, 0.2) is 5.69 Å².